The summed E-state index contributed by atoms with van der Waals surface area (Å²) >= 11 is 0. The average Bonchev–Trinajstić information content (AvgIpc) is 3.40. The highest BCUT2D eigenvalue weighted by Crippen LogP contribution is 2.33. The van der Waals surface area contributed by atoms with E-state index in [4.69, 9.17) is 18.9 Å². The van der Waals surface area contributed by atoms with Gasteiger partial charge in [-0.25, -0.2) is 4.98 Å². The number of likely N-dealkylation sites (N-methyl/N-ethyl adjacent to an activating group) is 1. The summed E-state index contributed by atoms with van der Waals surface area (Å²) in [6.07, 6.45) is 3.04. The van der Waals surface area contributed by atoms with E-state index in [0.29, 0.717) is 42.4 Å². The predicted molar refractivity (Wildman–Crippen MR) is 127 cm³/mol. The van der Waals surface area contributed by atoms with Crippen LogP contribution in [0.15, 0.2) is 65.5 Å². The van der Waals surface area contributed by atoms with Crippen molar-refractivity contribution in [3.05, 3.63) is 61.1 Å². The molecule has 0 bridgehead atoms. The molecular weight excluding hydrogens is 420 g/mol. The quantitative estimate of drug-likeness (QED) is 0.379. The number of nitrogens with one attached hydrogen (secondary N) is 1. The first-order valence-corrected chi connectivity index (χ1v) is 10.6. The van der Waals surface area contributed by atoms with Crippen molar-refractivity contribution in [1.29, 1.82) is 0 Å². The van der Waals surface area contributed by atoms with E-state index in [0.717, 1.165) is 23.4 Å². The van der Waals surface area contributed by atoms with Crippen LogP contribution in [0.25, 0.3) is 22.7 Å². The molecule has 9 heteroatoms. The lowest BCUT2D eigenvalue weighted by molar-refractivity contribution is 0.205. The number of aromatic nitrogens is 4. The third-order valence-corrected chi connectivity index (χ3v) is 5.04. The van der Waals surface area contributed by atoms with Crippen LogP contribution in [0.1, 0.15) is 6.92 Å². The van der Waals surface area contributed by atoms with Gasteiger partial charge in [0.25, 0.3) is 0 Å². The third kappa shape index (κ3) is 5.27. The Balaban J connectivity index is 1.70. The second-order valence-corrected chi connectivity index (χ2v) is 7.13. The van der Waals surface area contributed by atoms with Gasteiger partial charge in [0.2, 0.25) is 11.9 Å². The number of ether oxygens (including phenoxy) is 2. The Labute approximate surface area is 192 Å². The van der Waals surface area contributed by atoms with Crippen LogP contribution >= 0.6 is 0 Å². The molecule has 170 valence electrons. The molecule has 33 heavy (non-hydrogen) atoms. The van der Waals surface area contributed by atoms with Crippen LogP contribution in [0, 0.1) is 0 Å². The van der Waals surface area contributed by atoms with Crippen LogP contribution in [0.3, 0.4) is 0 Å². The maximum absolute atomic E-state index is 5.56. The summed E-state index contributed by atoms with van der Waals surface area (Å²) in [4.78, 5) is 20.1. The van der Waals surface area contributed by atoms with Gasteiger partial charge in [-0.1, -0.05) is 30.3 Å². The number of benzene rings is 2. The molecule has 0 unspecified atom stereocenters. The monoisotopic (exact) mass is 446 g/mol. The number of rotatable bonds is 10. The number of hydrogen-bond donors (Lipinski definition) is 1. The SMILES string of the molecule is CCN(CCOC)c1nc(Nc2ccc(-c3cnco3)c(OC)c2)nc(-c2ccccc2)n1. The molecule has 9 nitrogen and oxygen atoms in total. The first kappa shape index (κ1) is 22.2. The summed E-state index contributed by atoms with van der Waals surface area (Å²) in [7, 11) is 3.29. The van der Waals surface area contributed by atoms with Gasteiger partial charge in [-0.05, 0) is 19.1 Å². The van der Waals surface area contributed by atoms with Crippen molar-refractivity contribution in [1.82, 2.24) is 19.9 Å². The van der Waals surface area contributed by atoms with Gasteiger partial charge in [0.15, 0.2) is 18.0 Å². The number of nitrogens with zero attached hydrogens (tertiary/aromatic N) is 5. The molecule has 0 amide bonds. The Morgan fingerprint density at radius 3 is 2.58 bits per heavy atom. The molecule has 1 N–H and O–H groups in total. The minimum Gasteiger partial charge on any atom is -0.496 e. The van der Waals surface area contributed by atoms with Crippen molar-refractivity contribution in [3.8, 4) is 28.5 Å². The second-order valence-electron chi connectivity index (χ2n) is 7.13. The smallest absolute Gasteiger partial charge is 0.232 e. The van der Waals surface area contributed by atoms with E-state index < -0.39 is 0 Å². The molecule has 0 saturated heterocycles. The molecule has 4 rings (SSSR count). The molecule has 2 aromatic heterocycles. The molecule has 0 atom stereocenters. The summed E-state index contributed by atoms with van der Waals surface area (Å²) < 4.78 is 16.2. The lowest BCUT2D eigenvalue weighted by Crippen LogP contribution is -2.29. The molecule has 0 fully saturated rings. The van der Waals surface area contributed by atoms with Crippen LogP contribution < -0.4 is 15.0 Å². The van der Waals surface area contributed by atoms with Crippen molar-refractivity contribution >= 4 is 17.6 Å². The summed E-state index contributed by atoms with van der Waals surface area (Å²) in [6, 6.07) is 15.5. The molecule has 2 heterocycles. The summed E-state index contributed by atoms with van der Waals surface area (Å²) in [5.41, 5.74) is 2.48. The molecule has 0 radical (unpaired) electrons. The van der Waals surface area contributed by atoms with E-state index in [2.05, 4.69) is 32.1 Å². The fourth-order valence-electron chi connectivity index (χ4n) is 3.33. The molecule has 0 aliphatic carbocycles. The van der Waals surface area contributed by atoms with Crippen molar-refractivity contribution in [2.24, 2.45) is 0 Å². The highest BCUT2D eigenvalue weighted by molar-refractivity contribution is 5.71. The van der Waals surface area contributed by atoms with E-state index >= 15 is 0 Å². The maximum atomic E-state index is 5.56. The number of anilines is 3. The van der Waals surface area contributed by atoms with Gasteiger partial charge in [0.05, 0.1) is 25.5 Å². The number of oxazole rings is 1. The zero-order valence-electron chi connectivity index (χ0n) is 18.9. The number of hydrogen-bond acceptors (Lipinski definition) is 9. The van der Waals surface area contributed by atoms with Crippen molar-refractivity contribution in [3.63, 3.8) is 0 Å². The Bertz CT molecular complexity index is 1170. The number of methoxy groups -OCH3 is 2. The first-order chi connectivity index (χ1) is 16.2. The summed E-state index contributed by atoms with van der Waals surface area (Å²) in [6.45, 7) is 4.04. The molecule has 0 aliphatic rings. The molecule has 0 aliphatic heterocycles. The second kappa shape index (κ2) is 10.6. The minimum absolute atomic E-state index is 0.434. The lowest BCUT2D eigenvalue weighted by Gasteiger charge is -2.21. The van der Waals surface area contributed by atoms with Crippen LogP contribution in [-0.2, 0) is 4.74 Å². The van der Waals surface area contributed by atoms with Gasteiger partial charge in [-0.15, -0.1) is 0 Å². The predicted octanol–water partition coefficient (Wildman–Crippen LogP) is 4.42. The van der Waals surface area contributed by atoms with Gasteiger partial charge in [-0.2, -0.15) is 15.0 Å². The molecule has 0 saturated carbocycles. The van der Waals surface area contributed by atoms with Gasteiger partial charge in [0.1, 0.15) is 5.75 Å². The Hall–Kier alpha value is -3.98. The molecule has 2 aromatic carbocycles. The van der Waals surface area contributed by atoms with E-state index in [1.807, 2.05) is 48.5 Å². The van der Waals surface area contributed by atoms with Crippen molar-refractivity contribution in [2.75, 3.05) is 44.1 Å². The van der Waals surface area contributed by atoms with Crippen LogP contribution in [0.5, 0.6) is 5.75 Å². The zero-order valence-corrected chi connectivity index (χ0v) is 18.9. The van der Waals surface area contributed by atoms with E-state index in [9.17, 15) is 0 Å². The normalized spacial score (nSPS) is 10.8. The minimum atomic E-state index is 0.434. The fraction of sp³-hybridized carbons (Fsp3) is 0.250. The average molecular weight is 447 g/mol. The van der Waals surface area contributed by atoms with Gasteiger partial charge in [-0.3, -0.25) is 0 Å². The Morgan fingerprint density at radius 1 is 1.03 bits per heavy atom. The highest BCUT2D eigenvalue weighted by Gasteiger charge is 2.15. The van der Waals surface area contributed by atoms with Crippen LogP contribution in [-0.4, -0.2) is 53.9 Å². The fourth-order valence-corrected chi connectivity index (χ4v) is 3.33. The first-order valence-electron chi connectivity index (χ1n) is 10.6. The van der Waals surface area contributed by atoms with Crippen molar-refractivity contribution in [2.45, 2.75) is 6.92 Å². The Morgan fingerprint density at radius 2 is 1.88 bits per heavy atom. The summed E-state index contributed by atoms with van der Waals surface area (Å²) in [5.74, 6) is 2.87. The largest absolute Gasteiger partial charge is 0.496 e. The highest BCUT2D eigenvalue weighted by atomic mass is 16.5. The maximum Gasteiger partial charge on any atom is 0.232 e. The van der Waals surface area contributed by atoms with Gasteiger partial charge < -0.3 is 24.1 Å². The van der Waals surface area contributed by atoms with E-state index in [1.165, 1.54) is 6.39 Å². The lowest BCUT2D eigenvalue weighted by atomic mass is 10.1. The van der Waals surface area contributed by atoms with Crippen LogP contribution in [0.2, 0.25) is 0 Å². The van der Waals surface area contributed by atoms with Gasteiger partial charge in [0, 0.05) is 37.5 Å². The molecule has 4 aromatic rings. The van der Waals surface area contributed by atoms with Crippen molar-refractivity contribution < 1.29 is 13.9 Å². The third-order valence-electron chi connectivity index (χ3n) is 5.04. The van der Waals surface area contributed by atoms with E-state index in [1.54, 1.807) is 20.4 Å². The van der Waals surface area contributed by atoms with Gasteiger partial charge >= 0.3 is 0 Å². The standard InChI is InChI=1S/C24H26N6O3/c1-4-30(12-13-31-2)24-28-22(17-8-6-5-7-9-17)27-23(29-24)26-18-10-11-19(20(14-18)32-3)21-15-25-16-33-21/h5-11,14-16H,4,12-13H2,1-3H3,(H,26,27,28,29). The Kier molecular flexibility index (Phi) is 7.11. The molecule has 0 spiro atoms. The topological polar surface area (TPSA) is 98.4 Å². The molecular formula is C24H26N6O3. The zero-order chi connectivity index (χ0) is 23.0. The van der Waals surface area contributed by atoms with E-state index in [-0.39, 0.29) is 0 Å². The van der Waals surface area contributed by atoms with Crippen LogP contribution in [0.4, 0.5) is 17.6 Å². The summed E-state index contributed by atoms with van der Waals surface area (Å²) in [5, 5.41) is 3.29.